The fourth-order valence-corrected chi connectivity index (χ4v) is 3.28. The number of ether oxygens (including phenoxy) is 2. The van der Waals surface area contributed by atoms with Gasteiger partial charge in [-0.2, -0.15) is 0 Å². The van der Waals surface area contributed by atoms with E-state index in [4.69, 9.17) is 15.2 Å². The Bertz CT molecular complexity index is 450. The predicted molar refractivity (Wildman–Crippen MR) is 85.4 cm³/mol. The first-order valence-electron chi connectivity index (χ1n) is 7.52. The van der Waals surface area contributed by atoms with Gasteiger partial charge in [0.05, 0.1) is 0 Å². The number of nitrogens with two attached hydrogens (primary N) is 1. The Morgan fingerprint density at radius 2 is 1.85 bits per heavy atom. The predicted octanol–water partition coefficient (Wildman–Crippen LogP) is 4.44. The van der Waals surface area contributed by atoms with Crippen LogP contribution in [0, 0.1) is 5.92 Å². The first-order chi connectivity index (χ1) is 9.67. The zero-order chi connectivity index (χ0) is 14.5. The molecule has 1 aliphatic heterocycles. The van der Waals surface area contributed by atoms with Gasteiger partial charge in [-0.15, -0.1) is 0 Å². The summed E-state index contributed by atoms with van der Waals surface area (Å²) in [6, 6.07) is 4.06. The summed E-state index contributed by atoms with van der Waals surface area (Å²) in [4.78, 5) is 0. The molecule has 0 spiro atoms. The molecule has 2 atom stereocenters. The van der Waals surface area contributed by atoms with Crippen LogP contribution >= 0.6 is 15.9 Å². The first kappa shape index (κ1) is 15.6. The van der Waals surface area contributed by atoms with Gasteiger partial charge >= 0.3 is 0 Å². The summed E-state index contributed by atoms with van der Waals surface area (Å²) in [7, 11) is 0. The van der Waals surface area contributed by atoms with Gasteiger partial charge in [-0.25, -0.2) is 0 Å². The van der Waals surface area contributed by atoms with Crippen LogP contribution in [-0.4, -0.2) is 13.2 Å². The molecule has 0 bridgehead atoms. The lowest BCUT2D eigenvalue weighted by atomic mass is 9.87. The maximum Gasteiger partial charge on any atom is 0.162 e. The van der Waals surface area contributed by atoms with Crippen LogP contribution in [0.4, 0.5) is 0 Å². The third-order valence-corrected chi connectivity index (χ3v) is 4.67. The molecule has 1 aromatic carbocycles. The van der Waals surface area contributed by atoms with E-state index in [1.807, 2.05) is 12.1 Å². The molecule has 20 heavy (non-hydrogen) atoms. The molecule has 0 saturated carbocycles. The van der Waals surface area contributed by atoms with Crippen LogP contribution in [0.5, 0.6) is 11.5 Å². The zero-order valence-corrected chi connectivity index (χ0v) is 13.9. The van der Waals surface area contributed by atoms with Crippen molar-refractivity contribution in [2.24, 2.45) is 11.7 Å². The van der Waals surface area contributed by atoms with Gasteiger partial charge in [0.25, 0.3) is 0 Å². The number of rotatable bonds is 6. The molecule has 2 N–H and O–H groups in total. The van der Waals surface area contributed by atoms with Crippen LogP contribution in [0.3, 0.4) is 0 Å². The van der Waals surface area contributed by atoms with Gasteiger partial charge in [0, 0.05) is 10.5 Å². The number of hydrogen-bond acceptors (Lipinski definition) is 3. The van der Waals surface area contributed by atoms with Crippen molar-refractivity contribution < 1.29 is 9.47 Å². The highest BCUT2D eigenvalue weighted by Crippen LogP contribution is 2.40. The molecular formula is C16H24BrNO2. The molecule has 2 rings (SSSR count). The van der Waals surface area contributed by atoms with E-state index in [0.717, 1.165) is 28.0 Å². The van der Waals surface area contributed by atoms with Crippen molar-refractivity contribution in [3.63, 3.8) is 0 Å². The highest BCUT2D eigenvalue weighted by molar-refractivity contribution is 9.10. The van der Waals surface area contributed by atoms with Crippen molar-refractivity contribution in [1.29, 1.82) is 0 Å². The maximum atomic E-state index is 6.50. The maximum absolute atomic E-state index is 6.50. The zero-order valence-electron chi connectivity index (χ0n) is 12.3. The fraction of sp³-hybridized carbons (Fsp3) is 0.625. The van der Waals surface area contributed by atoms with E-state index in [-0.39, 0.29) is 6.04 Å². The molecule has 0 radical (unpaired) electrons. The Hall–Kier alpha value is -0.740. The van der Waals surface area contributed by atoms with E-state index in [0.29, 0.717) is 19.1 Å². The molecule has 0 saturated heterocycles. The SMILES string of the molecule is CCCCC(CC)C(N)c1cc2c(cc1Br)OCCO2. The van der Waals surface area contributed by atoms with E-state index in [2.05, 4.69) is 29.8 Å². The van der Waals surface area contributed by atoms with Crippen LogP contribution in [0.25, 0.3) is 0 Å². The van der Waals surface area contributed by atoms with E-state index in [9.17, 15) is 0 Å². The van der Waals surface area contributed by atoms with Crippen LogP contribution in [-0.2, 0) is 0 Å². The number of hydrogen-bond donors (Lipinski definition) is 1. The number of fused-ring (bicyclic) bond motifs is 1. The average Bonchev–Trinajstić information content (AvgIpc) is 2.47. The Kier molecular flexibility index (Phi) is 5.73. The molecule has 3 nitrogen and oxygen atoms in total. The second kappa shape index (κ2) is 7.32. The Morgan fingerprint density at radius 3 is 2.45 bits per heavy atom. The smallest absolute Gasteiger partial charge is 0.162 e. The standard InChI is InChI=1S/C16H24BrNO2/c1-3-5-6-11(4-2)16(18)12-9-14-15(10-13(12)17)20-8-7-19-14/h9-11,16H,3-8,18H2,1-2H3. The molecule has 2 unspecified atom stereocenters. The van der Waals surface area contributed by atoms with E-state index < -0.39 is 0 Å². The second-order valence-corrected chi connectivity index (χ2v) is 6.21. The van der Waals surface area contributed by atoms with Crippen molar-refractivity contribution >= 4 is 15.9 Å². The summed E-state index contributed by atoms with van der Waals surface area (Å²) < 4.78 is 12.3. The van der Waals surface area contributed by atoms with Crippen molar-refractivity contribution in [3.05, 3.63) is 22.2 Å². The minimum absolute atomic E-state index is 0.0387. The summed E-state index contributed by atoms with van der Waals surface area (Å²) in [6.07, 6.45) is 4.72. The van der Waals surface area contributed by atoms with Crippen LogP contribution in [0.15, 0.2) is 16.6 Å². The molecule has 0 fully saturated rings. The van der Waals surface area contributed by atoms with Gasteiger partial charge < -0.3 is 15.2 Å². The lowest BCUT2D eigenvalue weighted by Gasteiger charge is -2.26. The summed E-state index contributed by atoms with van der Waals surface area (Å²) in [5, 5.41) is 0. The lowest BCUT2D eigenvalue weighted by molar-refractivity contribution is 0.171. The monoisotopic (exact) mass is 341 g/mol. The molecule has 0 aromatic heterocycles. The molecule has 1 aliphatic rings. The third-order valence-electron chi connectivity index (χ3n) is 3.98. The normalized spacial score (nSPS) is 16.8. The molecule has 1 heterocycles. The molecule has 4 heteroatoms. The van der Waals surface area contributed by atoms with E-state index >= 15 is 0 Å². The number of benzene rings is 1. The minimum atomic E-state index is 0.0387. The summed E-state index contributed by atoms with van der Waals surface area (Å²) in [5.41, 5.74) is 7.62. The summed E-state index contributed by atoms with van der Waals surface area (Å²) >= 11 is 3.63. The van der Waals surface area contributed by atoms with Gasteiger partial charge in [-0.05, 0) is 30.0 Å². The fourth-order valence-electron chi connectivity index (χ4n) is 2.69. The Labute approximate surface area is 130 Å². The van der Waals surface area contributed by atoms with Gasteiger partial charge in [-0.3, -0.25) is 0 Å². The molecule has 112 valence electrons. The molecule has 0 amide bonds. The van der Waals surface area contributed by atoms with Crippen molar-refractivity contribution in [2.45, 2.75) is 45.6 Å². The lowest BCUT2D eigenvalue weighted by Crippen LogP contribution is -2.22. The first-order valence-corrected chi connectivity index (χ1v) is 8.31. The van der Waals surface area contributed by atoms with Gasteiger partial charge in [0.1, 0.15) is 13.2 Å². The summed E-state index contributed by atoms with van der Waals surface area (Å²) in [5.74, 6) is 2.13. The van der Waals surface area contributed by atoms with Crippen LogP contribution in [0.1, 0.15) is 51.1 Å². The topological polar surface area (TPSA) is 44.5 Å². The average molecular weight is 342 g/mol. The number of unbranched alkanes of at least 4 members (excludes halogenated alkanes) is 1. The largest absolute Gasteiger partial charge is 0.486 e. The third kappa shape index (κ3) is 3.47. The Balaban J connectivity index is 2.21. The molecule has 0 aliphatic carbocycles. The van der Waals surface area contributed by atoms with Crippen molar-refractivity contribution in [1.82, 2.24) is 0 Å². The van der Waals surface area contributed by atoms with E-state index in [1.165, 1.54) is 19.3 Å². The van der Waals surface area contributed by atoms with Gasteiger partial charge in [-0.1, -0.05) is 49.0 Å². The Morgan fingerprint density at radius 1 is 1.20 bits per heavy atom. The highest BCUT2D eigenvalue weighted by atomic mass is 79.9. The minimum Gasteiger partial charge on any atom is -0.486 e. The van der Waals surface area contributed by atoms with Crippen LogP contribution in [0.2, 0.25) is 0 Å². The second-order valence-electron chi connectivity index (χ2n) is 5.35. The highest BCUT2D eigenvalue weighted by Gasteiger charge is 2.23. The van der Waals surface area contributed by atoms with Crippen molar-refractivity contribution in [3.8, 4) is 11.5 Å². The quantitative estimate of drug-likeness (QED) is 0.831. The number of halogens is 1. The van der Waals surface area contributed by atoms with E-state index in [1.54, 1.807) is 0 Å². The van der Waals surface area contributed by atoms with Gasteiger partial charge in [0.15, 0.2) is 11.5 Å². The van der Waals surface area contributed by atoms with Crippen molar-refractivity contribution in [2.75, 3.05) is 13.2 Å². The molecule has 1 aromatic rings. The summed E-state index contributed by atoms with van der Waals surface area (Å²) in [6.45, 7) is 5.65. The van der Waals surface area contributed by atoms with Crippen LogP contribution < -0.4 is 15.2 Å². The van der Waals surface area contributed by atoms with Gasteiger partial charge in [0.2, 0.25) is 0 Å². The molecular weight excluding hydrogens is 318 g/mol.